The Kier molecular flexibility index (Phi) is 7.28. The van der Waals surface area contributed by atoms with Crippen molar-refractivity contribution in [1.29, 1.82) is 0 Å². The highest BCUT2D eigenvalue weighted by Crippen LogP contribution is 2.47. The van der Waals surface area contributed by atoms with E-state index in [1.807, 2.05) is 0 Å². The van der Waals surface area contributed by atoms with Crippen LogP contribution in [0.2, 0.25) is 0 Å². The summed E-state index contributed by atoms with van der Waals surface area (Å²) < 4.78 is 0. The van der Waals surface area contributed by atoms with Crippen LogP contribution in [-0.2, 0) is 21.7 Å². The van der Waals surface area contributed by atoms with Crippen LogP contribution in [0.5, 0.6) is 0 Å². The molecule has 270 valence electrons. The topological polar surface area (TPSA) is 0 Å². The van der Waals surface area contributed by atoms with E-state index in [2.05, 4.69) is 192 Å². The Bertz CT molecular complexity index is 2720. The van der Waals surface area contributed by atoms with Gasteiger partial charge >= 0.3 is 0 Å². The van der Waals surface area contributed by atoms with Gasteiger partial charge in [-0.3, -0.25) is 0 Å². The van der Waals surface area contributed by atoms with Gasteiger partial charge in [0.2, 0.25) is 0 Å². The highest BCUT2D eigenvalue weighted by molar-refractivity contribution is 6.28. The third kappa shape index (κ3) is 5.47. The molecule has 0 saturated heterocycles. The lowest BCUT2D eigenvalue weighted by molar-refractivity contribution is 0.591. The summed E-state index contributed by atoms with van der Waals surface area (Å²) in [4.78, 5) is 0. The molecule has 0 bridgehead atoms. The Hall–Kier alpha value is -4.94. The van der Waals surface area contributed by atoms with Gasteiger partial charge in [-0.05, 0) is 155 Å². The van der Waals surface area contributed by atoms with E-state index in [0.717, 1.165) is 0 Å². The first kappa shape index (κ1) is 34.8. The molecule has 0 saturated carbocycles. The average Bonchev–Trinajstić information content (AvgIpc) is 3.10. The molecule has 0 amide bonds. The third-order valence-corrected chi connectivity index (χ3v) is 12.3. The van der Waals surface area contributed by atoms with Crippen molar-refractivity contribution in [1.82, 2.24) is 0 Å². The summed E-state index contributed by atoms with van der Waals surface area (Å²) in [6.07, 6.45) is 0. The Balaban J connectivity index is 1.31. The Morgan fingerprint density at radius 1 is 0.259 bits per heavy atom. The van der Waals surface area contributed by atoms with Crippen molar-refractivity contribution in [3.8, 4) is 22.3 Å². The minimum Gasteiger partial charge on any atom is -0.0561 e. The summed E-state index contributed by atoms with van der Waals surface area (Å²) in [7, 11) is 0. The van der Waals surface area contributed by atoms with Crippen molar-refractivity contribution in [3.63, 3.8) is 0 Å². The Labute approximate surface area is 321 Å². The monoisotopic (exact) mass is 702 g/mol. The minimum absolute atomic E-state index is 0.0391. The molecule has 0 heterocycles. The fraction of sp³-hybridized carbons (Fsp3) is 0.296. The van der Waals surface area contributed by atoms with Crippen molar-refractivity contribution in [2.45, 2.75) is 105 Å². The Morgan fingerprint density at radius 2 is 0.519 bits per heavy atom. The van der Waals surface area contributed by atoms with E-state index in [0.29, 0.717) is 0 Å². The maximum atomic E-state index is 2.48. The zero-order chi connectivity index (χ0) is 38.3. The molecule has 54 heavy (non-hydrogen) atoms. The van der Waals surface area contributed by atoms with E-state index in [4.69, 9.17) is 0 Å². The van der Waals surface area contributed by atoms with Gasteiger partial charge in [-0.1, -0.05) is 168 Å². The van der Waals surface area contributed by atoms with E-state index in [-0.39, 0.29) is 21.7 Å². The lowest BCUT2D eigenvalue weighted by atomic mass is 9.79. The maximum Gasteiger partial charge on any atom is -0.00204 e. The number of rotatable bonds is 2. The van der Waals surface area contributed by atoms with Crippen molar-refractivity contribution in [2.24, 2.45) is 0 Å². The Morgan fingerprint density at radius 3 is 0.815 bits per heavy atom. The van der Waals surface area contributed by atoms with Crippen LogP contribution in [0.1, 0.15) is 105 Å². The molecule has 0 nitrogen and oxygen atoms in total. The second-order valence-electron chi connectivity index (χ2n) is 20.4. The van der Waals surface area contributed by atoms with Crippen LogP contribution in [0.25, 0.3) is 86.9 Å². The maximum absolute atomic E-state index is 2.48. The summed E-state index contributed by atoms with van der Waals surface area (Å²) in [6.45, 7) is 27.9. The van der Waals surface area contributed by atoms with Gasteiger partial charge in [-0.2, -0.15) is 0 Å². The lowest BCUT2D eigenvalue weighted by Gasteiger charge is -2.25. The van der Waals surface area contributed by atoms with Crippen molar-refractivity contribution < 1.29 is 0 Å². The fourth-order valence-corrected chi connectivity index (χ4v) is 8.88. The molecular weight excluding hydrogens is 649 g/mol. The quantitative estimate of drug-likeness (QED) is 0.157. The van der Waals surface area contributed by atoms with Gasteiger partial charge in [0.05, 0.1) is 0 Å². The minimum atomic E-state index is 0.0391. The van der Waals surface area contributed by atoms with E-state index in [9.17, 15) is 0 Å². The predicted molar refractivity (Wildman–Crippen MR) is 240 cm³/mol. The highest BCUT2D eigenvalue weighted by Gasteiger charge is 2.24. The molecule has 9 aromatic carbocycles. The molecule has 0 spiro atoms. The van der Waals surface area contributed by atoms with Crippen LogP contribution in [-0.4, -0.2) is 0 Å². The molecule has 9 rings (SSSR count). The van der Waals surface area contributed by atoms with Crippen molar-refractivity contribution in [3.05, 3.63) is 131 Å². The van der Waals surface area contributed by atoms with Crippen LogP contribution in [0.4, 0.5) is 0 Å². The van der Waals surface area contributed by atoms with Crippen LogP contribution >= 0.6 is 0 Å². The van der Waals surface area contributed by atoms with E-state index in [1.165, 1.54) is 109 Å². The van der Waals surface area contributed by atoms with Crippen LogP contribution < -0.4 is 0 Å². The number of hydrogen-bond donors (Lipinski definition) is 0. The number of benzene rings is 9. The second kappa shape index (κ2) is 11.3. The predicted octanol–water partition coefficient (Wildman–Crippen LogP) is 16.0. The first-order valence-electron chi connectivity index (χ1n) is 19.9. The molecule has 0 aliphatic carbocycles. The van der Waals surface area contributed by atoms with Gasteiger partial charge in [-0.25, -0.2) is 0 Å². The SMILES string of the molecule is CC(C)(C)c1cc2ccc3cc(C(C)(C)C)cc4c(-c5ccc(-c6cc7cc(C(C)(C)C)cc8ccc9cc(C(C)(C)C)cc6c9c87)cc5)cc(c1)c2c34. The first-order valence-corrected chi connectivity index (χ1v) is 19.9. The standard InChI is InChI=1S/C54H54/c1-51(2,3)39-21-33-17-19-35-23-41(53(7,8)9)29-45-43(27-37(25-39)47(33)49(35)45)31-13-15-32(16-14-31)44-28-38-26-40(52(4,5)6)22-34-18-20-36-24-42(54(10,11)12)30-46(44)50(36)48(34)38/h13-30H,1-12H3. The zero-order valence-electron chi connectivity index (χ0n) is 34.4. The summed E-state index contributed by atoms with van der Waals surface area (Å²) in [5, 5.41) is 16.2. The molecule has 0 aliphatic rings. The fourth-order valence-electron chi connectivity index (χ4n) is 8.88. The van der Waals surface area contributed by atoms with Crippen LogP contribution in [0.3, 0.4) is 0 Å². The molecule has 9 aromatic rings. The normalized spacial score (nSPS) is 13.6. The van der Waals surface area contributed by atoms with Gasteiger partial charge in [0.15, 0.2) is 0 Å². The van der Waals surface area contributed by atoms with Gasteiger partial charge < -0.3 is 0 Å². The molecular formula is C54H54. The molecule has 0 unspecified atom stereocenters. The summed E-state index contributed by atoms with van der Waals surface area (Å²) in [5.41, 5.74) is 10.8. The molecule has 0 atom stereocenters. The lowest BCUT2D eigenvalue weighted by Crippen LogP contribution is -2.12. The van der Waals surface area contributed by atoms with Crippen molar-refractivity contribution >= 4 is 64.6 Å². The van der Waals surface area contributed by atoms with Crippen LogP contribution in [0, 0.1) is 0 Å². The summed E-state index contributed by atoms with van der Waals surface area (Å²) in [5.74, 6) is 0. The summed E-state index contributed by atoms with van der Waals surface area (Å²) in [6, 6.07) is 43.4. The van der Waals surface area contributed by atoms with Crippen molar-refractivity contribution in [2.75, 3.05) is 0 Å². The smallest absolute Gasteiger partial charge is 0.00204 e. The first-order chi connectivity index (χ1) is 25.3. The number of hydrogen-bond acceptors (Lipinski definition) is 0. The molecule has 0 fully saturated rings. The summed E-state index contributed by atoms with van der Waals surface area (Å²) >= 11 is 0. The van der Waals surface area contributed by atoms with E-state index < -0.39 is 0 Å². The van der Waals surface area contributed by atoms with E-state index in [1.54, 1.807) is 0 Å². The van der Waals surface area contributed by atoms with Gasteiger partial charge in [0.25, 0.3) is 0 Å². The largest absolute Gasteiger partial charge is 0.0561 e. The molecule has 0 heteroatoms. The molecule has 0 aliphatic heterocycles. The second-order valence-corrected chi connectivity index (χ2v) is 20.4. The average molecular weight is 703 g/mol. The van der Waals surface area contributed by atoms with E-state index >= 15 is 0 Å². The van der Waals surface area contributed by atoms with Crippen LogP contribution in [0.15, 0.2) is 109 Å². The molecule has 0 N–H and O–H groups in total. The molecule has 0 aromatic heterocycles. The van der Waals surface area contributed by atoms with Gasteiger partial charge in [0.1, 0.15) is 0 Å². The highest BCUT2D eigenvalue weighted by atomic mass is 14.3. The van der Waals surface area contributed by atoms with Gasteiger partial charge in [0, 0.05) is 0 Å². The third-order valence-electron chi connectivity index (χ3n) is 12.3. The molecule has 0 radical (unpaired) electrons. The zero-order valence-corrected chi connectivity index (χ0v) is 34.4. The van der Waals surface area contributed by atoms with Gasteiger partial charge in [-0.15, -0.1) is 0 Å².